The third kappa shape index (κ3) is 2.63. The van der Waals surface area contributed by atoms with Crippen LogP contribution in [0.5, 0.6) is 5.75 Å². The van der Waals surface area contributed by atoms with E-state index in [2.05, 4.69) is 20.9 Å². The fraction of sp³-hybridized carbons (Fsp3) is 0.333. The molecule has 0 fully saturated rings. The molecule has 15 heavy (non-hydrogen) atoms. The minimum absolute atomic E-state index is 0.0441. The Bertz CT molecular complexity index is 404. The minimum atomic E-state index is -2.68. The number of rotatable bonds is 3. The van der Waals surface area contributed by atoms with Crippen LogP contribution in [0.1, 0.15) is 17.8 Å². The number of alkyl halides is 2. The Hall–Kier alpha value is -1.22. The molecule has 80 valence electrons. The van der Waals surface area contributed by atoms with E-state index in [1.54, 1.807) is 0 Å². The number of nitrogens with zero attached hydrogens (tertiary/aromatic N) is 2. The number of hydrogen-bond acceptors (Lipinski definition) is 3. The van der Waals surface area contributed by atoms with Gasteiger partial charge < -0.3 is 4.74 Å². The average Bonchev–Trinajstić information content (AvgIpc) is 2.21. The first-order chi connectivity index (χ1) is 7.10. The lowest BCUT2D eigenvalue weighted by molar-refractivity contribution is 0.145. The lowest BCUT2D eigenvalue weighted by atomic mass is 10.2. The predicted molar refractivity (Wildman–Crippen MR) is 52.8 cm³/mol. The van der Waals surface area contributed by atoms with Gasteiger partial charge in [0.05, 0.1) is 29.8 Å². The first-order valence-electron chi connectivity index (χ1n) is 3.98. The third-order valence-corrected chi connectivity index (χ3v) is 2.55. The van der Waals surface area contributed by atoms with E-state index in [4.69, 9.17) is 10.00 Å². The summed E-state index contributed by atoms with van der Waals surface area (Å²) in [6.07, 6.45) is -2.72. The van der Waals surface area contributed by atoms with Crippen molar-refractivity contribution in [2.75, 3.05) is 7.11 Å². The first kappa shape index (κ1) is 11.9. The Morgan fingerprint density at radius 1 is 1.67 bits per heavy atom. The van der Waals surface area contributed by atoms with Gasteiger partial charge in [0.2, 0.25) is 0 Å². The van der Waals surface area contributed by atoms with Crippen molar-refractivity contribution in [3.8, 4) is 11.8 Å². The number of halogens is 3. The minimum Gasteiger partial charge on any atom is -0.495 e. The molecule has 0 bridgehead atoms. The normalized spacial score (nSPS) is 10.1. The molecule has 1 aromatic heterocycles. The maximum atomic E-state index is 12.4. The summed E-state index contributed by atoms with van der Waals surface area (Å²) in [7, 11) is 1.37. The molecule has 0 radical (unpaired) electrons. The van der Waals surface area contributed by atoms with Gasteiger partial charge in [-0.3, -0.25) is 0 Å². The Kier molecular flexibility index (Phi) is 3.97. The maximum absolute atomic E-state index is 12.4. The molecule has 3 nitrogen and oxygen atoms in total. The third-order valence-electron chi connectivity index (χ3n) is 1.70. The van der Waals surface area contributed by atoms with Crippen LogP contribution < -0.4 is 4.74 Å². The summed E-state index contributed by atoms with van der Waals surface area (Å²) in [4.78, 5) is 3.67. The highest BCUT2D eigenvalue weighted by atomic mass is 79.9. The van der Waals surface area contributed by atoms with Crippen molar-refractivity contribution in [3.63, 3.8) is 0 Å². The number of ether oxygens (including phenoxy) is 1. The van der Waals surface area contributed by atoms with Crippen LogP contribution in [-0.2, 0) is 6.42 Å². The lowest BCUT2D eigenvalue weighted by Gasteiger charge is -2.09. The van der Waals surface area contributed by atoms with Crippen molar-refractivity contribution in [1.29, 1.82) is 5.26 Å². The summed E-state index contributed by atoms with van der Waals surface area (Å²) in [6.45, 7) is 0. The summed E-state index contributed by atoms with van der Waals surface area (Å²) in [5.74, 6) is 0.255. The molecule has 1 heterocycles. The lowest BCUT2D eigenvalue weighted by Crippen LogP contribution is -2.00. The van der Waals surface area contributed by atoms with Gasteiger partial charge >= 0.3 is 0 Å². The van der Waals surface area contributed by atoms with Crippen molar-refractivity contribution >= 4 is 15.9 Å². The molecule has 0 unspecified atom stereocenters. The summed E-state index contributed by atoms with van der Waals surface area (Å²) in [6, 6.07) is 3.00. The van der Waals surface area contributed by atoms with Gasteiger partial charge in [0, 0.05) is 6.07 Å². The van der Waals surface area contributed by atoms with E-state index < -0.39 is 6.43 Å². The van der Waals surface area contributed by atoms with Gasteiger partial charge in [-0.1, -0.05) is 0 Å². The molecular weight excluding hydrogens is 270 g/mol. The Labute approximate surface area is 93.8 Å². The topological polar surface area (TPSA) is 45.9 Å². The zero-order valence-electron chi connectivity index (χ0n) is 7.80. The van der Waals surface area contributed by atoms with Gasteiger partial charge in [-0.15, -0.1) is 0 Å². The molecule has 1 aromatic rings. The molecule has 0 aliphatic rings. The van der Waals surface area contributed by atoms with Crippen LogP contribution in [-0.4, -0.2) is 12.1 Å². The Morgan fingerprint density at radius 2 is 2.33 bits per heavy atom. The second-order valence-electron chi connectivity index (χ2n) is 2.65. The van der Waals surface area contributed by atoms with Crippen LogP contribution in [0, 0.1) is 11.3 Å². The number of nitriles is 1. The van der Waals surface area contributed by atoms with Gasteiger partial charge in [0.25, 0.3) is 6.43 Å². The monoisotopic (exact) mass is 276 g/mol. The highest BCUT2D eigenvalue weighted by Crippen LogP contribution is 2.31. The van der Waals surface area contributed by atoms with Crippen LogP contribution in [0.3, 0.4) is 0 Å². The molecule has 1 rings (SSSR count). The quantitative estimate of drug-likeness (QED) is 0.853. The Morgan fingerprint density at radius 3 is 2.80 bits per heavy atom. The van der Waals surface area contributed by atoms with E-state index in [1.165, 1.54) is 7.11 Å². The standard InChI is InChI=1S/C9H7BrF2N2O/c1-15-7-4-6(9(11)12)14-5(2-3-13)8(7)10/h4,9H,2H2,1H3. The van der Waals surface area contributed by atoms with Crippen molar-refractivity contribution in [3.05, 3.63) is 21.9 Å². The first-order valence-corrected chi connectivity index (χ1v) is 4.77. The second-order valence-corrected chi connectivity index (χ2v) is 3.44. The zero-order valence-corrected chi connectivity index (χ0v) is 9.38. The van der Waals surface area contributed by atoms with Gasteiger partial charge in [0.15, 0.2) is 0 Å². The largest absolute Gasteiger partial charge is 0.495 e. The molecule has 6 heteroatoms. The van der Waals surface area contributed by atoms with Gasteiger partial charge in [0.1, 0.15) is 11.4 Å². The molecule has 0 aliphatic heterocycles. The zero-order chi connectivity index (χ0) is 11.4. The van der Waals surface area contributed by atoms with E-state index in [9.17, 15) is 8.78 Å². The molecule has 0 amide bonds. The van der Waals surface area contributed by atoms with Crippen molar-refractivity contribution in [1.82, 2.24) is 4.98 Å². The number of hydrogen-bond donors (Lipinski definition) is 0. The van der Waals surface area contributed by atoms with E-state index in [1.807, 2.05) is 6.07 Å². The fourth-order valence-electron chi connectivity index (χ4n) is 1.03. The molecule has 0 aromatic carbocycles. The molecule has 0 saturated heterocycles. The summed E-state index contributed by atoms with van der Waals surface area (Å²) in [5, 5.41) is 8.50. The van der Waals surface area contributed by atoms with Gasteiger partial charge in [-0.2, -0.15) is 5.26 Å². The molecule has 0 saturated carbocycles. The molecular formula is C9H7BrF2N2O. The van der Waals surface area contributed by atoms with Crippen LogP contribution in [0.25, 0.3) is 0 Å². The highest BCUT2D eigenvalue weighted by Gasteiger charge is 2.16. The summed E-state index contributed by atoms with van der Waals surface area (Å²) < 4.78 is 30.2. The van der Waals surface area contributed by atoms with Gasteiger partial charge in [-0.05, 0) is 15.9 Å². The van der Waals surface area contributed by atoms with Crippen LogP contribution >= 0.6 is 15.9 Å². The molecule has 0 aliphatic carbocycles. The number of pyridine rings is 1. The average molecular weight is 277 g/mol. The van der Waals surface area contributed by atoms with Crippen LogP contribution in [0.15, 0.2) is 10.5 Å². The van der Waals surface area contributed by atoms with Crippen molar-refractivity contribution in [2.45, 2.75) is 12.8 Å². The Balaban J connectivity index is 3.26. The molecule has 0 N–H and O–H groups in total. The fourth-order valence-corrected chi connectivity index (χ4v) is 1.53. The van der Waals surface area contributed by atoms with Crippen molar-refractivity contribution in [2.24, 2.45) is 0 Å². The van der Waals surface area contributed by atoms with E-state index in [0.717, 1.165) is 6.07 Å². The van der Waals surface area contributed by atoms with Gasteiger partial charge in [-0.25, -0.2) is 13.8 Å². The summed E-state index contributed by atoms with van der Waals surface area (Å²) in [5.41, 5.74) is -0.132. The molecule has 0 atom stereocenters. The number of methoxy groups -OCH3 is 1. The summed E-state index contributed by atoms with van der Waals surface area (Å²) >= 11 is 3.14. The maximum Gasteiger partial charge on any atom is 0.280 e. The van der Waals surface area contributed by atoms with Crippen LogP contribution in [0.4, 0.5) is 8.78 Å². The smallest absolute Gasteiger partial charge is 0.280 e. The van der Waals surface area contributed by atoms with Crippen molar-refractivity contribution < 1.29 is 13.5 Å². The second kappa shape index (κ2) is 5.03. The predicted octanol–water partition coefficient (Wildman–Crippen LogP) is 2.86. The van der Waals surface area contributed by atoms with E-state index >= 15 is 0 Å². The number of aromatic nitrogens is 1. The highest BCUT2D eigenvalue weighted by molar-refractivity contribution is 9.10. The van der Waals surface area contributed by atoms with Crippen LogP contribution in [0.2, 0.25) is 0 Å². The molecule has 0 spiro atoms. The van der Waals surface area contributed by atoms with E-state index in [-0.39, 0.29) is 23.6 Å². The van der Waals surface area contributed by atoms with E-state index in [0.29, 0.717) is 4.47 Å². The SMILES string of the molecule is COc1cc(C(F)F)nc(CC#N)c1Br.